The predicted octanol–water partition coefficient (Wildman–Crippen LogP) is 1.10. The molecule has 0 unspecified atom stereocenters. The van der Waals surface area contributed by atoms with E-state index in [9.17, 15) is 4.79 Å². The number of hydrogen-bond acceptors (Lipinski definition) is 5. The summed E-state index contributed by atoms with van der Waals surface area (Å²) in [5.74, 6) is -0.483. The molecule has 1 aromatic rings. The van der Waals surface area contributed by atoms with Crippen LogP contribution in [0.5, 0.6) is 0 Å². The van der Waals surface area contributed by atoms with Crippen LogP contribution in [-0.4, -0.2) is 54.4 Å². The lowest BCUT2D eigenvalue weighted by Gasteiger charge is -2.37. The first kappa shape index (κ1) is 16.3. The molecule has 3 N–H and O–H groups in total. The second kappa shape index (κ2) is 6.92. The van der Waals surface area contributed by atoms with Gasteiger partial charge in [0.05, 0.1) is 25.4 Å². The first-order valence-electron chi connectivity index (χ1n) is 7.77. The predicted molar refractivity (Wildman–Crippen MR) is 91.3 cm³/mol. The summed E-state index contributed by atoms with van der Waals surface area (Å²) in [7, 11) is 0. The molecule has 2 saturated heterocycles. The van der Waals surface area contributed by atoms with E-state index in [1.807, 2.05) is 12.1 Å². The minimum Gasteiger partial charge on any atom is -0.389 e. The van der Waals surface area contributed by atoms with Crippen LogP contribution in [0.4, 0.5) is 5.69 Å². The average molecular weight is 335 g/mol. The van der Waals surface area contributed by atoms with Gasteiger partial charge in [-0.2, -0.15) is 0 Å². The van der Waals surface area contributed by atoms with Gasteiger partial charge in [0.15, 0.2) is 5.79 Å². The Bertz CT molecular complexity index is 592. The molecule has 23 heavy (non-hydrogen) atoms. The first-order valence-corrected chi connectivity index (χ1v) is 8.18. The molecule has 2 heterocycles. The lowest BCUT2D eigenvalue weighted by Crippen LogP contribution is -2.47. The SMILES string of the molecule is NC(=S)c1ccccc1NC(=O)CN1CCC2(CC1)OCCO2. The van der Waals surface area contributed by atoms with Crippen LogP contribution in [0, 0.1) is 0 Å². The molecule has 1 spiro atoms. The van der Waals surface area contributed by atoms with Gasteiger partial charge in [-0.05, 0) is 12.1 Å². The highest BCUT2D eigenvalue weighted by Crippen LogP contribution is 2.31. The lowest BCUT2D eigenvalue weighted by atomic mass is 10.0. The first-order chi connectivity index (χ1) is 11.1. The van der Waals surface area contributed by atoms with Gasteiger partial charge in [0.1, 0.15) is 4.99 Å². The topological polar surface area (TPSA) is 76.8 Å². The fourth-order valence-electron chi connectivity index (χ4n) is 3.04. The number of carbonyl (C=O) groups is 1. The smallest absolute Gasteiger partial charge is 0.238 e. The van der Waals surface area contributed by atoms with E-state index in [2.05, 4.69) is 10.2 Å². The van der Waals surface area contributed by atoms with Crippen molar-refractivity contribution >= 4 is 28.8 Å². The number of benzene rings is 1. The van der Waals surface area contributed by atoms with Gasteiger partial charge < -0.3 is 20.5 Å². The molecule has 0 radical (unpaired) electrons. The Morgan fingerprint density at radius 2 is 1.91 bits per heavy atom. The Kier molecular flexibility index (Phi) is 4.91. The molecule has 1 aromatic carbocycles. The molecule has 0 aromatic heterocycles. The zero-order valence-electron chi connectivity index (χ0n) is 12.9. The summed E-state index contributed by atoms with van der Waals surface area (Å²) < 4.78 is 11.4. The zero-order valence-corrected chi connectivity index (χ0v) is 13.7. The summed E-state index contributed by atoms with van der Waals surface area (Å²) in [4.78, 5) is 14.6. The molecule has 2 aliphatic heterocycles. The summed E-state index contributed by atoms with van der Waals surface area (Å²) in [5.41, 5.74) is 7.02. The summed E-state index contributed by atoms with van der Waals surface area (Å²) in [5, 5.41) is 2.89. The van der Waals surface area contributed by atoms with Crippen molar-refractivity contribution in [1.29, 1.82) is 0 Å². The van der Waals surface area contributed by atoms with Crippen molar-refractivity contribution in [2.24, 2.45) is 5.73 Å². The van der Waals surface area contributed by atoms with Crippen molar-refractivity contribution in [3.8, 4) is 0 Å². The molecule has 2 fully saturated rings. The molecule has 0 atom stereocenters. The average Bonchev–Trinajstić information content (AvgIpc) is 2.98. The molecule has 3 rings (SSSR count). The molecule has 2 aliphatic rings. The number of likely N-dealkylation sites (tertiary alicyclic amines) is 1. The number of thiocarbonyl (C=S) groups is 1. The summed E-state index contributed by atoms with van der Waals surface area (Å²) >= 11 is 5.01. The van der Waals surface area contributed by atoms with E-state index < -0.39 is 5.79 Å². The van der Waals surface area contributed by atoms with Crippen LogP contribution >= 0.6 is 12.2 Å². The van der Waals surface area contributed by atoms with Gasteiger partial charge in [0.25, 0.3) is 0 Å². The normalized spacial score (nSPS) is 20.5. The van der Waals surface area contributed by atoms with Crippen molar-refractivity contribution in [2.75, 3.05) is 38.2 Å². The van der Waals surface area contributed by atoms with Gasteiger partial charge >= 0.3 is 0 Å². The molecule has 7 heteroatoms. The number of nitrogens with one attached hydrogen (secondary N) is 1. The quantitative estimate of drug-likeness (QED) is 0.803. The molecular weight excluding hydrogens is 314 g/mol. The summed E-state index contributed by atoms with van der Waals surface area (Å²) in [6.07, 6.45) is 1.59. The van der Waals surface area contributed by atoms with Crippen molar-refractivity contribution in [3.05, 3.63) is 29.8 Å². The molecule has 0 saturated carbocycles. The Balaban J connectivity index is 1.53. The van der Waals surface area contributed by atoms with Crippen LogP contribution in [0.25, 0.3) is 0 Å². The standard InChI is InChI=1S/C16H21N3O3S/c17-15(23)12-3-1-2-4-13(12)18-14(20)11-19-7-5-16(6-8-19)21-9-10-22-16/h1-4H,5-11H2,(H2,17,23)(H,18,20). The third-order valence-electron chi connectivity index (χ3n) is 4.27. The van der Waals surface area contributed by atoms with E-state index in [1.165, 1.54) is 0 Å². The van der Waals surface area contributed by atoms with Crippen LogP contribution in [0.2, 0.25) is 0 Å². The van der Waals surface area contributed by atoms with Crippen LogP contribution in [0.1, 0.15) is 18.4 Å². The zero-order chi connectivity index (χ0) is 16.3. The van der Waals surface area contributed by atoms with Gasteiger partial charge in [0, 0.05) is 31.5 Å². The van der Waals surface area contributed by atoms with Gasteiger partial charge in [0.2, 0.25) is 5.91 Å². The molecule has 124 valence electrons. The maximum absolute atomic E-state index is 12.3. The number of anilines is 1. The molecular formula is C16H21N3O3S. The third kappa shape index (κ3) is 3.87. The molecule has 0 bridgehead atoms. The van der Waals surface area contributed by atoms with E-state index in [0.29, 0.717) is 31.0 Å². The highest BCUT2D eigenvalue weighted by Gasteiger charge is 2.39. The van der Waals surface area contributed by atoms with Gasteiger partial charge in [-0.1, -0.05) is 24.4 Å². The van der Waals surface area contributed by atoms with E-state index >= 15 is 0 Å². The van der Waals surface area contributed by atoms with Crippen molar-refractivity contribution in [1.82, 2.24) is 4.90 Å². The van der Waals surface area contributed by atoms with Crippen LogP contribution in [0.3, 0.4) is 0 Å². The Morgan fingerprint density at radius 1 is 1.26 bits per heavy atom. The Hall–Kier alpha value is -1.54. The number of piperidine rings is 1. The van der Waals surface area contributed by atoms with Crippen LogP contribution < -0.4 is 11.1 Å². The van der Waals surface area contributed by atoms with E-state index in [0.717, 1.165) is 25.9 Å². The number of hydrogen-bond donors (Lipinski definition) is 2. The summed E-state index contributed by atoms with van der Waals surface area (Å²) in [6.45, 7) is 3.23. The number of para-hydroxylation sites is 1. The van der Waals surface area contributed by atoms with Crippen LogP contribution in [0.15, 0.2) is 24.3 Å². The fraction of sp³-hybridized carbons (Fsp3) is 0.500. The molecule has 1 amide bonds. The number of ether oxygens (including phenoxy) is 2. The van der Waals surface area contributed by atoms with Crippen molar-refractivity contribution in [3.63, 3.8) is 0 Å². The van der Waals surface area contributed by atoms with Crippen molar-refractivity contribution in [2.45, 2.75) is 18.6 Å². The maximum Gasteiger partial charge on any atom is 0.238 e. The number of nitrogens with zero attached hydrogens (tertiary/aromatic N) is 1. The highest BCUT2D eigenvalue weighted by molar-refractivity contribution is 7.80. The molecule has 0 aliphatic carbocycles. The Labute approximate surface area is 140 Å². The number of amides is 1. The second-order valence-corrected chi connectivity index (χ2v) is 6.28. The maximum atomic E-state index is 12.3. The lowest BCUT2D eigenvalue weighted by molar-refractivity contribution is -0.185. The number of carbonyl (C=O) groups excluding carboxylic acids is 1. The highest BCUT2D eigenvalue weighted by atomic mass is 32.1. The fourth-order valence-corrected chi connectivity index (χ4v) is 3.22. The number of nitrogens with two attached hydrogens (primary N) is 1. The summed E-state index contributed by atoms with van der Waals surface area (Å²) in [6, 6.07) is 7.29. The minimum absolute atomic E-state index is 0.0714. The monoisotopic (exact) mass is 335 g/mol. The number of rotatable bonds is 4. The van der Waals surface area contributed by atoms with Crippen LogP contribution in [-0.2, 0) is 14.3 Å². The Morgan fingerprint density at radius 3 is 2.57 bits per heavy atom. The van der Waals surface area contributed by atoms with Crippen molar-refractivity contribution < 1.29 is 14.3 Å². The van der Waals surface area contributed by atoms with Gasteiger partial charge in [-0.25, -0.2) is 0 Å². The largest absolute Gasteiger partial charge is 0.389 e. The van der Waals surface area contributed by atoms with Gasteiger partial charge in [-0.15, -0.1) is 0 Å². The van der Waals surface area contributed by atoms with Gasteiger partial charge in [-0.3, -0.25) is 9.69 Å². The molecule has 6 nitrogen and oxygen atoms in total. The third-order valence-corrected chi connectivity index (χ3v) is 4.49. The van der Waals surface area contributed by atoms with E-state index in [1.54, 1.807) is 12.1 Å². The second-order valence-electron chi connectivity index (χ2n) is 5.84. The minimum atomic E-state index is -0.411. The van der Waals surface area contributed by atoms with E-state index in [-0.39, 0.29) is 10.9 Å². The van der Waals surface area contributed by atoms with E-state index in [4.69, 9.17) is 27.4 Å².